The monoisotopic (exact) mass is 372 g/mol. The fourth-order valence-electron chi connectivity index (χ4n) is 3.10. The Kier molecular flexibility index (Phi) is 6.64. The van der Waals surface area contributed by atoms with Crippen LogP contribution >= 0.6 is 0 Å². The van der Waals surface area contributed by atoms with Crippen LogP contribution < -0.4 is 15.4 Å². The molecule has 0 radical (unpaired) electrons. The van der Waals surface area contributed by atoms with E-state index in [1.54, 1.807) is 14.2 Å². The van der Waals surface area contributed by atoms with Gasteiger partial charge in [-0.15, -0.1) is 0 Å². The van der Waals surface area contributed by atoms with Crippen molar-refractivity contribution in [2.24, 2.45) is 4.99 Å². The van der Waals surface area contributed by atoms with Gasteiger partial charge < -0.3 is 20.1 Å². The van der Waals surface area contributed by atoms with Crippen LogP contribution in [-0.2, 0) is 24.3 Å². The molecule has 1 aliphatic heterocycles. The Balaban J connectivity index is 1.43. The van der Waals surface area contributed by atoms with E-state index < -0.39 is 0 Å². The molecule has 146 valence electrons. The molecule has 0 amide bonds. The highest BCUT2D eigenvalue weighted by Gasteiger charge is 2.22. The van der Waals surface area contributed by atoms with Crippen LogP contribution in [0.1, 0.15) is 23.6 Å². The number of hydrogen-bond donors (Lipinski definition) is 2. The Bertz CT molecular complexity index is 773. The van der Waals surface area contributed by atoms with Crippen molar-refractivity contribution in [1.29, 1.82) is 0 Å². The van der Waals surface area contributed by atoms with Gasteiger partial charge in [0.15, 0.2) is 11.8 Å². The highest BCUT2D eigenvalue weighted by molar-refractivity contribution is 5.79. The van der Waals surface area contributed by atoms with Crippen molar-refractivity contribution in [3.63, 3.8) is 0 Å². The van der Waals surface area contributed by atoms with Gasteiger partial charge in [-0.05, 0) is 31.0 Å². The van der Waals surface area contributed by atoms with Crippen LogP contribution in [0, 0.1) is 6.92 Å². The van der Waals surface area contributed by atoms with Crippen molar-refractivity contribution < 1.29 is 9.47 Å². The van der Waals surface area contributed by atoms with Crippen LogP contribution in [0.25, 0.3) is 0 Å². The summed E-state index contributed by atoms with van der Waals surface area (Å²) in [6.45, 7) is 4.52. The molecular weight excluding hydrogens is 344 g/mol. The quantitative estimate of drug-likeness (QED) is 0.433. The molecule has 0 aliphatic carbocycles. The maximum absolute atomic E-state index is 5.76. The van der Waals surface area contributed by atoms with Gasteiger partial charge in [0.25, 0.3) is 0 Å². The molecule has 2 N–H and O–H groups in total. The van der Waals surface area contributed by atoms with Gasteiger partial charge in [0, 0.05) is 26.6 Å². The van der Waals surface area contributed by atoms with Crippen molar-refractivity contribution in [3.8, 4) is 5.75 Å². The maximum atomic E-state index is 5.76. The minimum absolute atomic E-state index is 0.262. The summed E-state index contributed by atoms with van der Waals surface area (Å²) in [4.78, 5) is 8.81. The van der Waals surface area contributed by atoms with Crippen molar-refractivity contribution in [2.75, 3.05) is 27.3 Å². The second kappa shape index (κ2) is 9.36. The molecule has 0 saturated heterocycles. The van der Waals surface area contributed by atoms with Crippen molar-refractivity contribution in [1.82, 2.24) is 25.4 Å². The first-order chi connectivity index (χ1) is 13.2. The van der Waals surface area contributed by atoms with Gasteiger partial charge in [-0.3, -0.25) is 4.99 Å². The lowest BCUT2D eigenvalue weighted by atomic mass is 10.1. The zero-order valence-corrected chi connectivity index (χ0v) is 16.2. The fourth-order valence-corrected chi connectivity index (χ4v) is 3.10. The molecule has 1 aromatic carbocycles. The summed E-state index contributed by atoms with van der Waals surface area (Å²) in [7, 11) is 3.43. The molecule has 0 bridgehead atoms. The van der Waals surface area contributed by atoms with Crippen LogP contribution in [0.15, 0.2) is 29.3 Å². The Morgan fingerprint density at radius 2 is 2.30 bits per heavy atom. The molecule has 0 fully saturated rings. The van der Waals surface area contributed by atoms with E-state index in [0.717, 1.165) is 42.7 Å². The molecule has 8 heteroatoms. The first-order valence-corrected chi connectivity index (χ1v) is 9.26. The van der Waals surface area contributed by atoms with Crippen molar-refractivity contribution in [2.45, 2.75) is 39.0 Å². The summed E-state index contributed by atoms with van der Waals surface area (Å²) < 4.78 is 12.8. The van der Waals surface area contributed by atoms with E-state index in [1.165, 1.54) is 5.56 Å². The molecule has 1 unspecified atom stereocenters. The Labute approximate surface area is 160 Å². The SMILES string of the molecule is CN=C(NCCOc1cccc(C)c1)NC1CCc2nc(COC)nn2C1. The van der Waals surface area contributed by atoms with E-state index in [2.05, 4.69) is 38.7 Å². The molecule has 1 aliphatic rings. The number of nitrogens with zero attached hydrogens (tertiary/aromatic N) is 4. The van der Waals surface area contributed by atoms with E-state index in [1.807, 2.05) is 22.9 Å². The first-order valence-electron chi connectivity index (χ1n) is 9.26. The summed E-state index contributed by atoms with van der Waals surface area (Å²) in [6.07, 6.45) is 1.88. The Morgan fingerprint density at radius 1 is 1.41 bits per heavy atom. The standard InChI is InChI=1S/C19H28N6O2/c1-14-5-4-6-16(11-14)27-10-9-21-19(20-2)22-15-7-8-18-23-17(13-26-3)24-25(18)12-15/h4-6,11,15H,7-10,12-13H2,1-3H3,(H2,20,21,22). The third kappa shape index (κ3) is 5.43. The highest BCUT2D eigenvalue weighted by atomic mass is 16.5. The Hall–Kier alpha value is -2.61. The smallest absolute Gasteiger partial charge is 0.191 e. The number of fused-ring (bicyclic) bond motifs is 1. The van der Waals surface area contributed by atoms with Gasteiger partial charge in [0.05, 0.1) is 13.1 Å². The normalized spacial score (nSPS) is 16.7. The summed E-state index contributed by atoms with van der Waals surface area (Å²) >= 11 is 0. The number of ether oxygens (including phenoxy) is 2. The zero-order valence-electron chi connectivity index (χ0n) is 16.2. The summed E-state index contributed by atoms with van der Waals surface area (Å²) in [5.41, 5.74) is 1.19. The molecule has 8 nitrogen and oxygen atoms in total. The minimum atomic E-state index is 0.262. The number of benzene rings is 1. The van der Waals surface area contributed by atoms with Gasteiger partial charge >= 0.3 is 0 Å². The van der Waals surface area contributed by atoms with E-state index in [0.29, 0.717) is 19.8 Å². The molecular formula is C19H28N6O2. The van der Waals surface area contributed by atoms with Crippen molar-refractivity contribution in [3.05, 3.63) is 41.5 Å². The summed E-state index contributed by atoms with van der Waals surface area (Å²) in [5.74, 6) is 3.42. The van der Waals surface area contributed by atoms with Crippen LogP contribution in [0.5, 0.6) is 5.75 Å². The predicted octanol–water partition coefficient (Wildman–Crippen LogP) is 1.29. The van der Waals surface area contributed by atoms with Gasteiger partial charge in [0.1, 0.15) is 24.8 Å². The lowest BCUT2D eigenvalue weighted by Gasteiger charge is -2.25. The molecule has 1 aromatic heterocycles. The molecule has 2 aromatic rings. The zero-order chi connectivity index (χ0) is 19.1. The minimum Gasteiger partial charge on any atom is -0.492 e. The molecule has 0 spiro atoms. The largest absolute Gasteiger partial charge is 0.492 e. The second-order valence-corrected chi connectivity index (χ2v) is 6.60. The summed E-state index contributed by atoms with van der Waals surface area (Å²) in [6, 6.07) is 8.31. The number of hydrogen-bond acceptors (Lipinski definition) is 5. The van der Waals surface area contributed by atoms with E-state index in [-0.39, 0.29) is 6.04 Å². The van der Waals surface area contributed by atoms with Gasteiger partial charge in [0.2, 0.25) is 0 Å². The topological polar surface area (TPSA) is 85.6 Å². The predicted molar refractivity (Wildman–Crippen MR) is 104 cm³/mol. The number of aromatic nitrogens is 3. The maximum Gasteiger partial charge on any atom is 0.191 e. The third-order valence-corrected chi connectivity index (χ3v) is 4.39. The van der Waals surface area contributed by atoms with Crippen LogP contribution in [0.3, 0.4) is 0 Å². The molecule has 3 rings (SSSR count). The number of methoxy groups -OCH3 is 1. The Morgan fingerprint density at radius 3 is 3.07 bits per heavy atom. The van der Waals surface area contributed by atoms with Crippen LogP contribution in [-0.4, -0.2) is 54.1 Å². The highest BCUT2D eigenvalue weighted by Crippen LogP contribution is 2.14. The number of aryl methyl sites for hydroxylation is 2. The fraction of sp³-hybridized carbons (Fsp3) is 0.526. The average molecular weight is 372 g/mol. The second-order valence-electron chi connectivity index (χ2n) is 6.60. The lowest BCUT2D eigenvalue weighted by Crippen LogP contribution is -2.47. The van der Waals surface area contributed by atoms with Gasteiger partial charge in [-0.2, -0.15) is 5.10 Å². The molecule has 27 heavy (non-hydrogen) atoms. The van der Waals surface area contributed by atoms with E-state index in [9.17, 15) is 0 Å². The van der Waals surface area contributed by atoms with Gasteiger partial charge in [-0.1, -0.05) is 12.1 Å². The number of aliphatic imine (C=N–C) groups is 1. The number of guanidine groups is 1. The average Bonchev–Trinajstić information content (AvgIpc) is 3.06. The molecule has 2 heterocycles. The molecule has 0 saturated carbocycles. The van der Waals surface area contributed by atoms with Crippen LogP contribution in [0.2, 0.25) is 0 Å². The first kappa shape index (κ1) is 19.2. The third-order valence-electron chi connectivity index (χ3n) is 4.39. The van der Waals surface area contributed by atoms with Gasteiger partial charge in [-0.25, -0.2) is 9.67 Å². The van der Waals surface area contributed by atoms with Crippen LogP contribution in [0.4, 0.5) is 0 Å². The number of rotatable bonds is 7. The van der Waals surface area contributed by atoms with E-state index >= 15 is 0 Å². The summed E-state index contributed by atoms with van der Waals surface area (Å²) in [5, 5.41) is 11.3. The molecule has 1 atom stereocenters. The van der Waals surface area contributed by atoms with Crippen molar-refractivity contribution >= 4 is 5.96 Å². The lowest BCUT2D eigenvalue weighted by molar-refractivity contribution is 0.177. The number of nitrogens with one attached hydrogen (secondary N) is 2. The van der Waals surface area contributed by atoms with E-state index in [4.69, 9.17) is 9.47 Å².